The van der Waals surface area contributed by atoms with Crippen LogP contribution in [-0.2, 0) is 6.54 Å². The Kier molecular flexibility index (Phi) is 3.10. The molecule has 0 aromatic carbocycles. The number of piperidine rings is 1. The molecule has 4 nitrogen and oxygen atoms in total. The van der Waals surface area contributed by atoms with Crippen LogP contribution in [0.3, 0.4) is 0 Å². The number of hydrogen-bond acceptors (Lipinski definition) is 4. The van der Waals surface area contributed by atoms with E-state index in [0.717, 1.165) is 24.6 Å². The maximum atomic E-state index is 5.70. The van der Waals surface area contributed by atoms with Gasteiger partial charge in [0.25, 0.3) is 0 Å². The Balaban J connectivity index is 2.23. The molecule has 1 aliphatic heterocycles. The van der Waals surface area contributed by atoms with Gasteiger partial charge in [0.2, 0.25) is 0 Å². The third-order valence-electron chi connectivity index (χ3n) is 3.15. The quantitative estimate of drug-likeness (QED) is 0.822. The lowest BCUT2D eigenvalue weighted by Crippen LogP contribution is -2.41. The van der Waals surface area contributed by atoms with E-state index in [2.05, 4.69) is 28.7 Å². The van der Waals surface area contributed by atoms with Crippen LogP contribution >= 0.6 is 0 Å². The fourth-order valence-electron chi connectivity index (χ4n) is 2.37. The predicted octanol–water partition coefficient (Wildman–Crippen LogP) is 1.56. The zero-order valence-corrected chi connectivity index (χ0v) is 10.1. The molecular weight excluding hydrogens is 200 g/mol. The molecule has 1 aromatic rings. The third kappa shape index (κ3) is 2.32. The molecule has 0 radical (unpaired) electrons. The lowest BCUT2D eigenvalue weighted by Gasteiger charge is -2.39. The van der Waals surface area contributed by atoms with Gasteiger partial charge in [-0.15, -0.1) is 0 Å². The number of anilines is 1. The third-order valence-corrected chi connectivity index (χ3v) is 3.15. The Hall–Kier alpha value is -1.16. The number of aromatic nitrogens is 2. The molecule has 4 heteroatoms. The van der Waals surface area contributed by atoms with Gasteiger partial charge in [-0.3, -0.25) is 4.98 Å². The van der Waals surface area contributed by atoms with Gasteiger partial charge in [-0.1, -0.05) is 13.8 Å². The van der Waals surface area contributed by atoms with E-state index >= 15 is 0 Å². The summed E-state index contributed by atoms with van der Waals surface area (Å²) in [6.07, 6.45) is 5.95. The predicted molar refractivity (Wildman–Crippen MR) is 65.2 cm³/mol. The smallest absolute Gasteiger partial charge is 0.151 e. The SMILES string of the molecule is CC1(C)CCCN(c2nccnc2CN)C1. The van der Waals surface area contributed by atoms with Crippen LogP contribution in [0.5, 0.6) is 0 Å². The van der Waals surface area contributed by atoms with Crippen LogP contribution in [-0.4, -0.2) is 23.1 Å². The summed E-state index contributed by atoms with van der Waals surface area (Å²) in [6.45, 7) is 7.17. The van der Waals surface area contributed by atoms with Crippen molar-refractivity contribution in [3.63, 3.8) is 0 Å². The summed E-state index contributed by atoms with van der Waals surface area (Å²) < 4.78 is 0. The monoisotopic (exact) mass is 220 g/mol. The van der Waals surface area contributed by atoms with Crippen LogP contribution in [0.25, 0.3) is 0 Å². The molecule has 2 N–H and O–H groups in total. The highest BCUT2D eigenvalue weighted by Crippen LogP contribution is 2.31. The summed E-state index contributed by atoms with van der Waals surface area (Å²) in [4.78, 5) is 11.0. The average Bonchev–Trinajstić information content (AvgIpc) is 2.27. The molecule has 2 rings (SSSR count). The lowest BCUT2D eigenvalue weighted by molar-refractivity contribution is 0.291. The highest BCUT2D eigenvalue weighted by atomic mass is 15.2. The van der Waals surface area contributed by atoms with E-state index in [1.54, 1.807) is 12.4 Å². The summed E-state index contributed by atoms with van der Waals surface area (Å²) >= 11 is 0. The zero-order chi connectivity index (χ0) is 11.6. The summed E-state index contributed by atoms with van der Waals surface area (Å²) in [7, 11) is 0. The molecular formula is C12H20N4. The van der Waals surface area contributed by atoms with E-state index in [1.165, 1.54) is 12.8 Å². The van der Waals surface area contributed by atoms with E-state index in [0.29, 0.717) is 12.0 Å². The maximum absolute atomic E-state index is 5.70. The van der Waals surface area contributed by atoms with Gasteiger partial charge in [-0.05, 0) is 18.3 Å². The topological polar surface area (TPSA) is 55.0 Å². The van der Waals surface area contributed by atoms with Crippen LogP contribution in [0.15, 0.2) is 12.4 Å². The molecule has 0 amide bonds. The van der Waals surface area contributed by atoms with Crippen molar-refractivity contribution in [1.82, 2.24) is 9.97 Å². The molecule has 0 atom stereocenters. The highest BCUT2D eigenvalue weighted by molar-refractivity contribution is 5.43. The second-order valence-corrected chi connectivity index (χ2v) is 5.22. The minimum atomic E-state index is 0.363. The largest absolute Gasteiger partial charge is 0.355 e. The van der Waals surface area contributed by atoms with E-state index in [4.69, 9.17) is 5.73 Å². The second-order valence-electron chi connectivity index (χ2n) is 5.22. The first kappa shape index (κ1) is 11.3. The number of hydrogen-bond donors (Lipinski definition) is 1. The molecule has 1 aliphatic rings. The van der Waals surface area contributed by atoms with Crippen LogP contribution in [0, 0.1) is 5.41 Å². The molecule has 1 aromatic heterocycles. The van der Waals surface area contributed by atoms with Gasteiger partial charge in [-0.25, -0.2) is 4.98 Å². The van der Waals surface area contributed by atoms with Crippen molar-refractivity contribution in [2.75, 3.05) is 18.0 Å². The molecule has 16 heavy (non-hydrogen) atoms. The molecule has 0 spiro atoms. The lowest BCUT2D eigenvalue weighted by atomic mass is 9.84. The van der Waals surface area contributed by atoms with Crippen molar-refractivity contribution >= 4 is 5.82 Å². The van der Waals surface area contributed by atoms with E-state index in [-0.39, 0.29) is 0 Å². The van der Waals surface area contributed by atoms with E-state index < -0.39 is 0 Å². The summed E-state index contributed by atoms with van der Waals surface area (Å²) in [5.41, 5.74) is 6.96. The molecule has 1 fully saturated rings. The Bertz CT molecular complexity index is 362. The highest BCUT2D eigenvalue weighted by Gasteiger charge is 2.28. The van der Waals surface area contributed by atoms with Crippen LogP contribution in [0.4, 0.5) is 5.82 Å². The molecule has 0 saturated carbocycles. The zero-order valence-electron chi connectivity index (χ0n) is 10.1. The van der Waals surface area contributed by atoms with Crippen molar-refractivity contribution < 1.29 is 0 Å². The van der Waals surface area contributed by atoms with Gasteiger partial charge >= 0.3 is 0 Å². The van der Waals surface area contributed by atoms with Crippen molar-refractivity contribution in [2.24, 2.45) is 11.1 Å². The fourth-order valence-corrected chi connectivity index (χ4v) is 2.37. The molecule has 0 unspecified atom stereocenters. The molecule has 88 valence electrons. The summed E-state index contributed by atoms with van der Waals surface area (Å²) in [5, 5.41) is 0. The molecule has 2 heterocycles. The van der Waals surface area contributed by atoms with Crippen LogP contribution in [0.1, 0.15) is 32.4 Å². The van der Waals surface area contributed by atoms with Crippen molar-refractivity contribution in [2.45, 2.75) is 33.2 Å². The van der Waals surface area contributed by atoms with Crippen molar-refractivity contribution in [1.29, 1.82) is 0 Å². The average molecular weight is 220 g/mol. The van der Waals surface area contributed by atoms with Gasteiger partial charge in [0.1, 0.15) is 0 Å². The van der Waals surface area contributed by atoms with Gasteiger partial charge < -0.3 is 10.6 Å². The first-order valence-corrected chi connectivity index (χ1v) is 5.87. The minimum Gasteiger partial charge on any atom is -0.355 e. The molecule has 0 aliphatic carbocycles. The Morgan fingerprint density at radius 2 is 2.12 bits per heavy atom. The van der Waals surface area contributed by atoms with Crippen LogP contribution in [0.2, 0.25) is 0 Å². The fraction of sp³-hybridized carbons (Fsp3) is 0.667. The molecule has 0 bridgehead atoms. The summed E-state index contributed by atoms with van der Waals surface area (Å²) in [5.74, 6) is 0.970. The Morgan fingerprint density at radius 1 is 1.38 bits per heavy atom. The van der Waals surface area contributed by atoms with Crippen molar-refractivity contribution in [3.05, 3.63) is 18.1 Å². The van der Waals surface area contributed by atoms with Crippen LogP contribution < -0.4 is 10.6 Å². The number of nitrogens with zero attached hydrogens (tertiary/aromatic N) is 3. The summed E-state index contributed by atoms with van der Waals surface area (Å²) in [6, 6.07) is 0. The molecule has 1 saturated heterocycles. The van der Waals surface area contributed by atoms with E-state index in [9.17, 15) is 0 Å². The first-order valence-electron chi connectivity index (χ1n) is 5.87. The Labute approximate surface area is 96.9 Å². The number of rotatable bonds is 2. The van der Waals surface area contributed by atoms with Gasteiger partial charge in [0, 0.05) is 32.0 Å². The first-order chi connectivity index (χ1) is 7.62. The standard InChI is InChI=1S/C12H20N4/c1-12(2)4-3-7-16(9-12)11-10(8-13)14-5-6-15-11/h5-6H,3-4,7-9,13H2,1-2H3. The van der Waals surface area contributed by atoms with Gasteiger partial charge in [0.15, 0.2) is 5.82 Å². The van der Waals surface area contributed by atoms with E-state index in [1.807, 2.05) is 0 Å². The normalized spacial score (nSPS) is 19.8. The van der Waals surface area contributed by atoms with Crippen molar-refractivity contribution in [3.8, 4) is 0 Å². The number of nitrogens with two attached hydrogens (primary N) is 1. The Morgan fingerprint density at radius 3 is 2.81 bits per heavy atom. The van der Waals surface area contributed by atoms with Gasteiger partial charge in [-0.2, -0.15) is 0 Å². The second kappa shape index (κ2) is 4.37. The minimum absolute atomic E-state index is 0.363. The van der Waals surface area contributed by atoms with Gasteiger partial charge in [0.05, 0.1) is 5.69 Å². The maximum Gasteiger partial charge on any atom is 0.151 e.